The second-order valence-corrected chi connectivity index (χ2v) is 9.81. The van der Waals surface area contributed by atoms with Gasteiger partial charge in [0.15, 0.2) is 5.76 Å². The molecule has 1 aromatic carbocycles. The first-order valence-electron chi connectivity index (χ1n) is 8.74. The van der Waals surface area contributed by atoms with Crippen LogP contribution in [0, 0.1) is 13.8 Å². The molecule has 0 saturated carbocycles. The minimum atomic E-state index is -3.62. The van der Waals surface area contributed by atoms with Crippen LogP contribution >= 0.6 is 11.3 Å². The van der Waals surface area contributed by atoms with Crippen molar-refractivity contribution in [1.29, 1.82) is 0 Å². The number of hydrogen-bond acceptors (Lipinski definition) is 5. The van der Waals surface area contributed by atoms with Crippen molar-refractivity contribution in [1.82, 2.24) is 9.46 Å². The van der Waals surface area contributed by atoms with Crippen LogP contribution in [-0.2, 0) is 10.0 Å². The molecule has 4 rings (SSSR count). The highest BCUT2D eigenvalue weighted by atomic mass is 32.2. The van der Waals surface area contributed by atoms with Gasteiger partial charge in [-0.25, -0.2) is 8.42 Å². The zero-order valence-corrected chi connectivity index (χ0v) is 16.8. The van der Waals surface area contributed by atoms with Crippen molar-refractivity contribution < 1.29 is 12.9 Å². The molecule has 0 saturated heterocycles. The molecular weight excluding hydrogens is 380 g/mol. The smallest absolute Gasteiger partial charge is 0.245 e. The van der Waals surface area contributed by atoms with Crippen molar-refractivity contribution in [3.05, 3.63) is 64.0 Å². The molecule has 0 aliphatic carbocycles. The topological polar surface area (TPSA) is 63.4 Å². The number of sulfonamides is 1. The summed E-state index contributed by atoms with van der Waals surface area (Å²) in [6.07, 6.45) is 4.25. The predicted molar refractivity (Wildman–Crippen MR) is 107 cm³/mol. The van der Waals surface area contributed by atoms with Crippen molar-refractivity contribution >= 4 is 26.9 Å². The highest BCUT2D eigenvalue weighted by molar-refractivity contribution is 7.89. The highest BCUT2D eigenvalue weighted by Crippen LogP contribution is 2.40. The molecule has 1 aliphatic rings. The summed E-state index contributed by atoms with van der Waals surface area (Å²) in [5.41, 5.74) is 2.98. The third-order valence-corrected chi connectivity index (χ3v) is 7.99. The Kier molecular flexibility index (Phi) is 4.75. The maximum absolute atomic E-state index is 13.4. The van der Waals surface area contributed by atoms with E-state index in [1.165, 1.54) is 23.1 Å². The maximum Gasteiger partial charge on any atom is 0.245 e. The van der Waals surface area contributed by atoms with Crippen LogP contribution in [-0.4, -0.2) is 31.0 Å². The van der Waals surface area contributed by atoms with Gasteiger partial charge in [0.25, 0.3) is 0 Å². The second kappa shape index (κ2) is 7.07. The number of benzene rings is 1. The fourth-order valence-corrected chi connectivity index (χ4v) is 6.72. The van der Waals surface area contributed by atoms with Crippen LogP contribution in [0.4, 0.5) is 0 Å². The lowest BCUT2D eigenvalue weighted by Crippen LogP contribution is -2.35. The largest absolute Gasteiger partial charge is 0.356 e. The number of rotatable bonds is 4. The van der Waals surface area contributed by atoms with Crippen LogP contribution in [0.15, 0.2) is 58.1 Å². The first-order chi connectivity index (χ1) is 13.0. The van der Waals surface area contributed by atoms with E-state index in [1.807, 2.05) is 38.1 Å². The summed E-state index contributed by atoms with van der Waals surface area (Å²) in [5, 5.41) is 3.74. The van der Waals surface area contributed by atoms with Gasteiger partial charge in [0.2, 0.25) is 10.0 Å². The molecule has 3 heterocycles. The molecule has 0 bridgehead atoms. The van der Waals surface area contributed by atoms with E-state index in [4.69, 9.17) is 4.52 Å². The van der Waals surface area contributed by atoms with E-state index in [1.54, 1.807) is 10.4 Å². The molecule has 5 nitrogen and oxygen atoms in total. The van der Waals surface area contributed by atoms with Crippen molar-refractivity contribution in [2.24, 2.45) is 0 Å². The average Bonchev–Trinajstić information content (AvgIpc) is 3.30. The molecule has 0 N–H and O–H groups in total. The Morgan fingerprint density at radius 3 is 2.52 bits per heavy atom. The number of aromatic nitrogens is 1. The summed E-state index contributed by atoms with van der Waals surface area (Å²) in [6.45, 7) is 4.60. The molecule has 0 fully saturated rings. The first-order valence-corrected chi connectivity index (χ1v) is 11.0. The maximum atomic E-state index is 13.4. The molecular formula is C20H20N2O3S2. The molecule has 0 amide bonds. The van der Waals surface area contributed by atoms with Gasteiger partial charge in [-0.3, -0.25) is 0 Å². The molecule has 0 atom stereocenters. The fourth-order valence-electron chi connectivity index (χ4n) is 3.52. The lowest BCUT2D eigenvalue weighted by molar-refractivity contribution is 0.428. The molecule has 0 unspecified atom stereocenters. The molecule has 27 heavy (non-hydrogen) atoms. The Morgan fingerprint density at radius 2 is 1.89 bits per heavy atom. The van der Waals surface area contributed by atoms with Gasteiger partial charge in [-0.1, -0.05) is 41.6 Å². The molecule has 3 aromatic rings. The minimum Gasteiger partial charge on any atom is -0.356 e. The second-order valence-electron chi connectivity index (χ2n) is 6.50. The van der Waals surface area contributed by atoms with Gasteiger partial charge in [-0.15, -0.1) is 11.3 Å². The summed E-state index contributed by atoms with van der Waals surface area (Å²) < 4.78 is 33.7. The third-order valence-electron chi connectivity index (χ3n) is 4.80. The third kappa shape index (κ3) is 3.26. The number of hydrogen-bond donors (Lipinski definition) is 0. The van der Waals surface area contributed by atoms with E-state index in [0.717, 1.165) is 15.3 Å². The Morgan fingerprint density at radius 1 is 1.11 bits per heavy atom. The van der Waals surface area contributed by atoms with E-state index < -0.39 is 10.0 Å². The zero-order valence-electron chi connectivity index (χ0n) is 15.2. The van der Waals surface area contributed by atoms with E-state index in [-0.39, 0.29) is 0 Å². The standard InChI is InChI=1S/C20H20N2O3S2/c1-14-19(18-8-11-21-25-18)20(15(2)26-14)27(23,24)22-12-9-17(10-13-22)16-6-4-3-5-7-16/h3-9,11H,10,12-13H2,1-2H3. The van der Waals surface area contributed by atoms with Crippen LogP contribution < -0.4 is 0 Å². The van der Waals surface area contributed by atoms with Gasteiger partial charge in [-0.05, 0) is 31.4 Å². The molecule has 2 aromatic heterocycles. The Labute approximate surface area is 163 Å². The van der Waals surface area contributed by atoms with Gasteiger partial charge >= 0.3 is 0 Å². The Bertz CT molecular complexity index is 1080. The summed E-state index contributed by atoms with van der Waals surface area (Å²) in [6, 6.07) is 11.8. The molecule has 0 spiro atoms. The van der Waals surface area contributed by atoms with Gasteiger partial charge in [0.1, 0.15) is 4.90 Å². The minimum absolute atomic E-state index is 0.346. The molecule has 0 radical (unpaired) electrons. The van der Waals surface area contributed by atoms with Gasteiger partial charge in [-0.2, -0.15) is 4.31 Å². The summed E-state index contributed by atoms with van der Waals surface area (Å²) in [5.74, 6) is 0.493. The predicted octanol–water partition coefficient (Wildman–Crippen LogP) is 4.50. The normalized spacial score (nSPS) is 15.7. The van der Waals surface area contributed by atoms with Gasteiger partial charge < -0.3 is 4.52 Å². The van der Waals surface area contributed by atoms with E-state index >= 15 is 0 Å². The van der Waals surface area contributed by atoms with Crippen LogP contribution in [0.1, 0.15) is 21.7 Å². The summed E-state index contributed by atoms with van der Waals surface area (Å²) in [7, 11) is -3.62. The lowest BCUT2D eigenvalue weighted by atomic mass is 10.0. The van der Waals surface area contributed by atoms with Gasteiger partial charge in [0, 0.05) is 28.9 Å². The molecule has 7 heteroatoms. The van der Waals surface area contributed by atoms with Crippen LogP contribution in [0.3, 0.4) is 0 Å². The summed E-state index contributed by atoms with van der Waals surface area (Å²) >= 11 is 1.47. The SMILES string of the molecule is Cc1sc(C)c(S(=O)(=O)N2CC=C(c3ccccc3)CC2)c1-c1ccno1. The highest BCUT2D eigenvalue weighted by Gasteiger charge is 2.33. The lowest BCUT2D eigenvalue weighted by Gasteiger charge is -2.26. The van der Waals surface area contributed by atoms with Crippen molar-refractivity contribution in [2.45, 2.75) is 25.2 Å². The first kappa shape index (κ1) is 18.2. The van der Waals surface area contributed by atoms with Crippen molar-refractivity contribution in [3.63, 3.8) is 0 Å². The van der Waals surface area contributed by atoms with Crippen molar-refractivity contribution in [3.8, 4) is 11.3 Å². The Balaban J connectivity index is 1.69. The average molecular weight is 401 g/mol. The zero-order chi connectivity index (χ0) is 19.0. The van der Waals surface area contributed by atoms with Crippen LogP contribution in [0.5, 0.6) is 0 Å². The molecule has 1 aliphatic heterocycles. The van der Waals surface area contributed by atoms with Crippen LogP contribution in [0.25, 0.3) is 16.9 Å². The summed E-state index contributed by atoms with van der Waals surface area (Å²) in [4.78, 5) is 2.04. The quantitative estimate of drug-likeness (QED) is 0.647. The van der Waals surface area contributed by atoms with E-state index in [2.05, 4.69) is 17.3 Å². The number of nitrogens with zero attached hydrogens (tertiary/aromatic N) is 2. The number of thiophene rings is 1. The Hall–Kier alpha value is -2.22. The number of aryl methyl sites for hydroxylation is 2. The van der Waals surface area contributed by atoms with Crippen molar-refractivity contribution in [2.75, 3.05) is 13.1 Å². The van der Waals surface area contributed by atoms with E-state index in [9.17, 15) is 8.42 Å². The monoisotopic (exact) mass is 400 g/mol. The van der Waals surface area contributed by atoms with Gasteiger partial charge in [0.05, 0.1) is 11.8 Å². The fraction of sp³-hybridized carbons (Fsp3) is 0.250. The molecule has 140 valence electrons. The van der Waals surface area contributed by atoms with E-state index in [0.29, 0.717) is 35.7 Å². The van der Waals surface area contributed by atoms with Crippen LogP contribution in [0.2, 0.25) is 0 Å².